The molecule has 0 spiro atoms. The van der Waals surface area contributed by atoms with Gasteiger partial charge >= 0.3 is 6.01 Å². The van der Waals surface area contributed by atoms with E-state index in [-0.39, 0.29) is 11.9 Å². The van der Waals surface area contributed by atoms with Crippen LogP contribution in [0.2, 0.25) is 0 Å². The molecule has 1 aliphatic rings. The highest BCUT2D eigenvalue weighted by atomic mass is 16.4. The molecule has 1 saturated heterocycles. The summed E-state index contributed by atoms with van der Waals surface area (Å²) in [7, 11) is 0. The fourth-order valence-corrected chi connectivity index (χ4v) is 2.55. The standard InChI is InChI=1S/C14H25N5O2/c1-3-4-8-19(9-12-6-5-7-15-12)10-13(20)16-14-18-17-11(2)21-14/h12,15H,3-10H2,1-2H3,(H,16,18,20). The van der Waals surface area contributed by atoms with Crippen LogP contribution in [-0.2, 0) is 4.79 Å². The Morgan fingerprint density at radius 2 is 2.38 bits per heavy atom. The van der Waals surface area contributed by atoms with Gasteiger partial charge in [0.25, 0.3) is 0 Å². The smallest absolute Gasteiger partial charge is 0.322 e. The monoisotopic (exact) mass is 295 g/mol. The predicted molar refractivity (Wildman–Crippen MR) is 80.0 cm³/mol. The lowest BCUT2D eigenvalue weighted by atomic mass is 10.2. The zero-order valence-corrected chi connectivity index (χ0v) is 12.9. The Morgan fingerprint density at radius 1 is 1.52 bits per heavy atom. The fraction of sp³-hybridized carbons (Fsp3) is 0.786. The Labute approximate surface area is 125 Å². The third kappa shape index (κ3) is 5.43. The first-order valence-electron chi connectivity index (χ1n) is 7.73. The molecular weight excluding hydrogens is 270 g/mol. The molecule has 2 rings (SSSR count). The normalized spacial score (nSPS) is 18.3. The van der Waals surface area contributed by atoms with Gasteiger partial charge in [-0.3, -0.25) is 15.0 Å². The van der Waals surface area contributed by atoms with E-state index in [1.807, 2.05) is 0 Å². The average Bonchev–Trinajstić information content (AvgIpc) is 3.08. The number of hydrogen-bond acceptors (Lipinski definition) is 6. The first-order valence-corrected chi connectivity index (χ1v) is 7.73. The predicted octanol–water partition coefficient (Wildman–Crippen LogP) is 1.17. The number of hydrogen-bond donors (Lipinski definition) is 2. The SMILES string of the molecule is CCCCN(CC(=O)Nc1nnc(C)o1)CC1CCCN1. The maximum Gasteiger partial charge on any atom is 0.322 e. The molecule has 2 heterocycles. The van der Waals surface area contributed by atoms with Crippen molar-refractivity contribution in [2.45, 2.75) is 45.6 Å². The van der Waals surface area contributed by atoms with Crippen molar-refractivity contribution in [3.8, 4) is 0 Å². The molecule has 1 fully saturated rings. The number of anilines is 1. The number of carbonyl (C=O) groups excluding carboxylic acids is 1. The minimum atomic E-state index is -0.104. The summed E-state index contributed by atoms with van der Waals surface area (Å²) < 4.78 is 5.17. The quantitative estimate of drug-likeness (QED) is 0.749. The van der Waals surface area contributed by atoms with E-state index in [9.17, 15) is 4.79 Å². The van der Waals surface area contributed by atoms with Crippen LogP contribution < -0.4 is 10.6 Å². The van der Waals surface area contributed by atoms with Crippen molar-refractivity contribution in [2.24, 2.45) is 0 Å². The molecule has 118 valence electrons. The van der Waals surface area contributed by atoms with E-state index in [4.69, 9.17) is 4.42 Å². The third-order valence-corrected chi connectivity index (χ3v) is 3.61. The van der Waals surface area contributed by atoms with E-state index in [0.29, 0.717) is 18.5 Å². The van der Waals surface area contributed by atoms with Gasteiger partial charge in [0, 0.05) is 19.5 Å². The Morgan fingerprint density at radius 3 is 3.00 bits per heavy atom. The van der Waals surface area contributed by atoms with Gasteiger partial charge in [0.1, 0.15) is 0 Å². The van der Waals surface area contributed by atoms with E-state index >= 15 is 0 Å². The molecular formula is C14H25N5O2. The lowest BCUT2D eigenvalue weighted by Crippen LogP contribution is -2.42. The Bertz CT molecular complexity index is 442. The van der Waals surface area contributed by atoms with Crippen LogP contribution in [0.3, 0.4) is 0 Å². The van der Waals surface area contributed by atoms with E-state index in [2.05, 4.69) is 32.7 Å². The second-order valence-corrected chi connectivity index (χ2v) is 5.56. The number of rotatable bonds is 8. The Kier molecular flexibility index (Phi) is 6.13. The molecule has 1 amide bonds. The van der Waals surface area contributed by atoms with Crippen molar-refractivity contribution in [1.82, 2.24) is 20.4 Å². The zero-order chi connectivity index (χ0) is 15.1. The van der Waals surface area contributed by atoms with Gasteiger partial charge in [0.05, 0.1) is 6.54 Å². The van der Waals surface area contributed by atoms with Crippen molar-refractivity contribution in [1.29, 1.82) is 0 Å². The molecule has 1 aromatic rings. The molecule has 7 nitrogen and oxygen atoms in total. The topological polar surface area (TPSA) is 83.3 Å². The van der Waals surface area contributed by atoms with Crippen LogP contribution in [0.4, 0.5) is 6.01 Å². The minimum absolute atomic E-state index is 0.104. The molecule has 1 aliphatic heterocycles. The summed E-state index contributed by atoms with van der Waals surface area (Å²) in [5.74, 6) is 0.344. The highest BCUT2D eigenvalue weighted by Crippen LogP contribution is 2.09. The van der Waals surface area contributed by atoms with Crippen LogP contribution in [-0.4, -0.2) is 53.2 Å². The third-order valence-electron chi connectivity index (χ3n) is 3.61. The van der Waals surface area contributed by atoms with Gasteiger partial charge in [-0.25, -0.2) is 0 Å². The van der Waals surface area contributed by atoms with Gasteiger partial charge in [0.15, 0.2) is 0 Å². The van der Waals surface area contributed by atoms with E-state index < -0.39 is 0 Å². The highest BCUT2D eigenvalue weighted by Gasteiger charge is 2.20. The van der Waals surface area contributed by atoms with Crippen molar-refractivity contribution in [2.75, 3.05) is 31.5 Å². The van der Waals surface area contributed by atoms with Crippen molar-refractivity contribution in [3.63, 3.8) is 0 Å². The second-order valence-electron chi connectivity index (χ2n) is 5.56. The van der Waals surface area contributed by atoms with Crippen LogP contribution in [0.15, 0.2) is 4.42 Å². The van der Waals surface area contributed by atoms with Crippen LogP contribution in [0.25, 0.3) is 0 Å². The first-order chi connectivity index (χ1) is 10.2. The number of nitrogens with one attached hydrogen (secondary N) is 2. The molecule has 0 aromatic carbocycles. The van der Waals surface area contributed by atoms with Gasteiger partial charge in [0.2, 0.25) is 11.8 Å². The van der Waals surface area contributed by atoms with Gasteiger partial charge in [-0.2, -0.15) is 0 Å². The summed E-state index contributed by atoms with van der Waals surface area (Å²) in [6.45, 7) is 7.15. The molecule has 1 atom stereocenters. The molecule has 1 unspecified atom stereocenters. The average molecular weight is 295 g/mol. The highest BCUT2D eigenvalue weighted by molar-refractivity contribution is 5.90. The van der Waals surface area contributed by atoms with E-state index in [1.54, 1.807) is 6.92 Å². The first kappa shape index (κ1) is 15.9. The molecule has 0 bridgehead atoms. The number of aryl methyl sites for hydroxylation is 1. The molecule has 1 aromatic heterocycles. The molecule has 0 radical (unpaired) electrons. The van der Waals surface area contributed by atoms with Gasteiger partial charge in [-0.15, -0.1) is 5.10 Å². The summed E-state index contributed by atoms with van der Waals surface area (Å²) in [4.78, 5) is 14.3. The summed E-state index contributed by atoms with van der Waals surface area (Å²) in [6.07, 6.45) is 4.63. The molecule has 0 saturated carbocycles. The zero-order valence-electron chi connectivity index (χ0n) is 12.9. The molecule has 2 N–H and O–H groups in total. The summed E-state index contributed by atoms with van der Waals surface area (Å²) in [6, 6.07) is 0.673. The maximum absolute atomic E-state index is 12.1. The summed E-state index contributed by atoms with van der Waals surface area (Å²) >= 11 is 0. The number of nitrogens with zero attached hydrogens (tertiary/aromatic N) is 3. The summed E-state index contributed by atoms with van der Waals surface area (Å²) in [5, 5.41) is 13.6. The number of carbonyl (C=O) groups is 1. The number of amides is 1. The van der Waals surface area contributed by atoms with Crippen molar-refractivity contribution >= 4 is 11.9 Å². The van der Waals surface area contributed by atoms with E-state index in [0.717, 1.165) is 32.5 Å². The minimum Gasteiger partial charge on any atom is -0.408 e. The van der Waals surface area contributed by atoms with Crippen LogP contribution in [0.1, 0.15) is 38.5 Å². The number of unbranched alkanes of at least 4 members (excludes halogenated alkanes) is 1. The Hall–Kier alpha value is -1.47. The van der Waals surface area contributed by atoms with Crippen molar-refractivity contribution < 1.29 is 9.21 Å². The molecule has 21 heavy (non-hydrogen) atoms. The second kappa shape index (κ2) is 8.09. The largest absolute Gasteiger partial charge is 0.408 e. The molecule has 7 heteroatoms. The lowest BCUT2D eigenvalue weighted by Gasteiger charge is -2.24. The van der Waals surface area contributed by atoms with E-state index in [1.165, 1.54) is 12.8 Å². The lowest BCUT2D eigenvalue weighted by molar-refractivity contribution is -0.117. The van der Waals surface area contributed by atoms with Gasteiger partial charge < -0.3 is 9.73 Å². The maximum atomic E-state index is 12.1. The summed E-state index contributed by atoms with van der Waals surface area (Å²) in [5.41, 5.74) is 0. The van der Waals surface area contributed by atoms with Gasteiger partial charge in [-0.05, 0) is 32.4 Å². The molecule has 0 aliphatic carbocycles. The van der Waals surface area contributed by atoms with Crippen LogP contribution >= 0.6 is 0 Å². The van der Waals surface area contributed by atoms with Crippen LogP contribution in [0, 0.1) is 6.92 Å². The van der Waals surface area contributed by atoms with Gasteiger partial charge in [-0.1, -0.05) is 18.4 Å². The van der Waals surface area contributed by atoms with Crippen molar-refractivity contribution in [3.05, 3.63) is 5.89 Å². The number of aromatic nitrogens is 2. The fourth-order valence-electron chi connectivity index (χ4n) is 2.55. The Balaban J connectivity index is 1.82. The van der Waals surface area contributed by atoms with Crippen LogP contribution in [0.5, 0.6) is 0 Å².